The number of nitrogens with one attached hydrogen (secondary N) is 3. The molecule has 306 valence electrons. The number of aliphatic hydroxyl groups is 1. The standard InChI is InChI=1S/C46H58N8O3S/c1-29-31-11-9-19-53(39(31)51-38(29)52-41-49-34-12-5-6-13-35(34)58-41)36-15-14-32(37(50-36)40(56)57)33-21-48-54(30(33)2)28-44-22-42(3)23-45(16-10-18-47-17-7-8-20-55)26-43(4,25-44)46(45,24-42)27-44/h5-6,12-15,21,47,51,55H,7-11,16-20,22-28H2,1-4H3,(H,49,52)(H,56,57). The van der Waals surface area contributed by atoms with Crippen molar-refractivity contribution in [2.24, 2.45) is 27.1 Å². The van der Waals surface area contributed by atoms with E-state index in [1.165, 1.54) is 56.9 Å². The number of pyridine rings is 1. The highest BCUT2D eigenvalue weighted by atomic mass is 32.1. The molecule has 5 unspecified atom stereocenters. The van der Waals surface area contributed by atoms with Crippen molar-refractivity contribution in [2.45, 2.75) is 111 Å². The Hall–Kier alpha value is -4.26. The number of para-hydroxylation sites is 1. The maximum absolute atomic E-state index is 13.0. The number of hydrogen-bond acceptors (Lipinski definition) is 9. The van der Waals surface area contributed by atoms with Crippen LogP contribution in [-0.2, 0) is 13.0 Å². The van der Waals surface area contributed by atoms with Gasteiger partial charge in [0.2, 0.25) is 0 Å². The van der Waals surface area contributed by atoms with Crippen molar-refractivity contribution in [3.8, 4) is 11.1 Å². The molecule has 4 saturated carbocycles. The maximum Gasteiger partial charge on any atom is 0.355 e. The number of carbonyl (C=O) groups is 1. The summed E-state index contributed by atoms with van der Waals surface area (Å²) in [5, 5.41) is 32.7. The van der Waals surface area contributed by atoms with E-state index in [4.69, 9.17) is 20.2 Å². The second-order valence-electron chi connectivity index (χ2n) is 19.6. The van der Waals surface area contributed by atoms with Gasteiger partial charge in [-0.25, -0.2) is 14.8 Å². The molecule has 0 radical (unpaired) electrons. The maximum atomic E-state index is 13.0. The van der Waals surface area contributed by atoms with Gasteiger partial charge >= 0.3 is 5.97 Å². The summed E-state index contributed by atoms with van der Waals surface area (Å²) in [6.07, 6.45) is 16.1. The molecule has 12 heteroatoms. The molecule has 1 spiro atoms. The number of fused-ring (bicyclic) bond motifs is 4. The number of aliphatic hydroxyl groups excluding tert-OH is 1. The lowest BCUT2D eigenvalue weighted by atomic mass is 9.38. The normalized spacial score (nSPS) is 29.2. The highest BCUT2D eigenvalue weighted by Gasteiger charge is 2.83. The molecule has 0 saturated heterocycles. The van der Waals surface area contributed by atoms with Crippen molar-refractivity contribution >= 4 is 50.1 Å². The third-order valence-corrected chi connectivity index (χ3v) is 16.6. The van der Waals surface area contributed by atoms with E-state index in [0.29, 0.717) is 33.0 Å². The lowest BCUT2D eigenvalue weighted by molar-refractivity contribution is -0.173. The largest absolute Gasteiger partial charge is 0.476 e. The number of hydrogen-bond donors (Lipinski definition) is 5. The minimum Gasteiger partial charge on any atom is -0.476 e. The molecule has 4 fully saturated rings. The van der Waals surface area contributed by atoms with Crippen molar-refractivity contribution in [3.63, 3.8) is 0 Å². The van der Waals surface area contributed by atoms with Crippen molar-refractivity contribution in [1.82, 2.24) is 30.0 Å². The molecule has 5 atom stereocenters. The number of thiazole rings is 1. The van der Waals surface area contributed by atoms with Crippen molar-refractivity contribution in [2.75, 3.05) is 36.5 Å². The Labute approximate surface area is 345 Å². The van der Waals surface area contributed by atoms with E-state index in [-0.39, 0.29) is 17.7 Å². The molecule has 58 heavy (non-hydrogen) atoms. The lowest BCUT2D eigenvalue weighted by Crippen LogP contribution is -2.58. The zero-order valence-electron chi connectivity index (χ0n) is 34.5. The van der Waals surface area contributed by atoms with Gasteiger partial charge in [-0.05, 0) is 166 Å². The van der Waals surface area contributed by atoms with Gasteiger partial charge < -0.3 is 30.7 Å². The first-order chi connectivity index (χ1) is 27.9. The van der Waals surface area contributed by atoms with E-state index < -0.39 is 5.97 Å². The number of rotatable bonds is 15. The summed E-state index contributed by atoms with van der Waals surface area (Å²) in [5.74, 6) is 1.45. The number of H-pyrrole nitrogens is 1. The molecule has 1 aromatic carbocycles. The van der Waals surface area contributed by atoms with Crippen LogP contribution in [0.1, 0.15) is 112 Å². The van der Waals surface area contributed by atoms with Gasteiger partial charge in [-0.15, -0.1) is 0 Å². The molecular weight excluding hydrogens is 745 g/mol. The van der Waals surface area contributed by atoms with Gasteiger partial charge in [0, 0.05) is 36.5 Å². The van der Waals surface area contributed by atoms with Crippen LogP contribution in [-0.4, -0.2) is 67.2 Å². The van der Waals surface area contributed by atoms with E-state index in [9.17, 15) is 9.90 Å². The Morgan fingerprint density at radius 2 is 1.81 bits per heavy atom. The number of carboxylic acids is 1. The van der Waals surface area contributed by atoms with Gasteiger partial charge in [-0.3, -0.25) is 4.68 Å². The summed E-state index contributed by atoms with van der Waals surface area (Å²) in [6.45, 7) is 13.4. The molecule has 3 bridgehead atoms. The van der Waals surface area contributed by atoms with E-state index >= 15 is 0 Å². The van der Waals surface area contributed by atoms with Crippen LogP contribution in [0.5, 0.6) is 0 Å². The summed E-state index contributed by atoms with van der Waals surface area (Å²) in [6, 6.07) is 12.1. The smallest absolute Gasteiger partial charge is 0.355 e. The molecule has 5 heterocycles. The predicted octanol–water partition coefficient (Wildman–Crippen LogP) is 9.53. The molecule has 10 rings (SSSR count). The fourth-order valence-corrected chi connectivity index (χ4v) is 15.0. The number of aromatic carboxylic acids is 1. The van der Waals surface area contributed by atoms with Gasteiger partial charge in [0.15, 0.2) is 10.8 Å². The number of anilines is 4. The molecule has 4 aliphatic carbocycles. The number of nitrogens with zero attached hydrogens (tertiary/aromatic N) is 5. The van der Waals surface area contributed by atoms with Crippen LogP contribution < -0.4 is 15.5 Å². The highest BCUT2D eigenvalue weighted by Crippen LogP contribution is 2.92. The number of unbranched alkanes of at least 4 members (excludes halogenated alkanes) is 1. The van der Waals surface area contributed by atoms with Crippen molar-refractivity contribution in [3.05, 3.63) is 65.1 Å². The van der Waals surface area contributed by atoms with E-state index in [2.05, 4.69) is 59.0 Å². The minimum atomic E-state index is -1.03. The molecule has 1 aliphatic heterocycles. The Kier molecular flexibility index (Phi) is 8.93. The Balaban J connectivity index is 0.885. The Bertz CT molecular complexity index is 2380. The average Bonchev–Trinajstić information content (AvgIpc) is 3.92. The SMILES string of the molecule is Cc1c(Nc2nc3ccccc3s2)[nH]c2c1CCCN2c1ccc(-c2cnn(CC34CC5(C)CC6(CCCNCCCCO)CC(C)(C3)C6(C5)C4)c2C)c(C(=O)O)n1. The molecule has 5 aromatic rings. The number of aromatic amines is 1. The number of benzene rings is 1. The second-order valence-corrected chi connectivity index (χ2v) is 20.6. The summed E-state index contributed by atoms with van der Waals surface area (Å²) >= 11 is 1.63. The fraction of sp³-hybridized carbons (Fsp3) is 0.565. The van der Waals surface area contributed by atoms with Gasteiger partial charge in [0.05, 0.1) is 16.4 Å². The van der Waals surface area contributed by atoms with Gasteiger partial charge in [-0.1, -0.05) is 37.3 Å². The fourth-order valence-electron chi connectivity index (χ4n) is 14.1. The molecule has 11 nitrogen and oxygen atoms in total. The van der Waals surface area contributed by atoms with E-state index in [1.807, 2.05) is 36.5 Å². The summed E-state index contributed by atoms with van der Waals surface area (Å²) in [4.78, 5) is 28.4. The minimum absolute atomic E-state index is 0.0581. The third-order valence-electron chi connectivity index (χ3n) is 15.6. The Morgan fingerprint density at radius 1 is 0.966 bits per heavy atom. The second kappa shape index (κ2) is 13.6. The van der Waals surface area contributed by atoms with Crippen LogP contribution in [0.25, 0.3) is 21.3 Å². The van der Waals surface area contributed by atoms with Crippen LogP contribution in [0.2, 0.25) is 0 Å². The van der Waals surface area contributed by atoms with Crippen molar-refractivity contribution < 1.29 is 15.0 Å². The van der Waals surface area contributed by atoms with Crippen LogP contribution >= 0.6 is 11.3 Å². The van der Waals surface area contributed by atoms with E-state index in [0.717, 1.165) is 95.7 Å². The topological polar surface area (TPSA) is 144 Å². The molecule has 0 amide bonds. The molecule has 5 aliphatic rings. The molecule has 4 aromatic heterocycles. The third kappa shape index (κ3) is 5.79. The molecule has 5 N–H and O–H groups in total. The summed E-state index contributed by atoms with van der Waals surface area (Å²) in [7, 11) is 0. The van der Waals surface area contributed by atoms with Gasteiger partial charge in [0.25, 0.3) is 0 Å². The first-order valence-electron chi connectivity index (χ1n) is 21.6. The van der Waals surface area contributed by atoms with Gasteiger partial charge in [0.1, 0.15) is 17.5 Å². The number of carboxylic acid groups (broad SMARTS) is 1. The number of aromatic nitrogens is 5. The van der Waals surface area contributed by atoms with Gasteiger partial charge in [-0.2, -0.15) is 5.10 Å². The van der Waals surface area contributed by atoms with Crippen LogP contribution in [0.3, 0.4) is 0 Å². The van der Waals surface area contributed by atoms with Crippen LogP contribution in [0.4, 0.5) is 22.6 Å². The predicted molar refractivity (Wildman–Crippen MR) is 231 cm³/mol. The summed E-state index contributed by atoms with van der Waals surface area (Å²) < 4.78 is 3.33. The quantitative estimate of drug-likeness (QED) is 0.0654. The average molecular weight is 803 g/mol. The van der Waals surface area contributed by atoms with Crippen molar-refractivity contribution in [1.29, 1.82) is 0 Å². The first kappa shape index (κ1) is 38.0. The first-order valence-corrected chi connectivity index (χ1v) is 22.4. The van der Waals surface area contributed by atoms with Crippen LogP contribution in [0, 0.1) is 40.9 Å². The lowest BCUT2D eigenvalue weighted by Gasteiger charge is -2.66. The Morgan fingerprint density at radius 3 is 2.64 bits per heavy atom. The van der Waals surface area contributed by atoms with E-state index in [1.54, 1.807) is 11.3 Å². The van der Waals surface area contributed by atoms with Crippen LogP contribution in [0.15, 0.2) is 42.6 Å². The highest BCUT2D eigenvalue weighted by molar-refractivity contribution is 7.22. The summed E-state index contributed by atoms with van der Waals surface area (Å²) in [5.41, 5.74) is 7.69. The monoisotopic (exact) mass is 802 g/mol. The molecular formula is C46H58N8O3S. The zero-order chi connectivity index (χ0) is 40.1. The zero-order valence-corrected chi connectivity index (χ0v) is 35.3.